The van der Waals surface area contributed by atoms with Gasteiger partial charge in [0.2, 0.25) is 0 Å². The van der Waals surface area contributed by atoms with Crippen LogP contribution in [0.5, 0.6) is 0 Å². The molecule has 1 aliphatic rings. The third-order valence-electron chi connectivity index (χ3n) is 3.38. The number of carboxylic acids is 1. The summed E-state index contributed by atoms with van der Waals surface area (Å²) in [6.45, 7) is 2.09. The van der Waals surface area contributed by atoms with Crippen LogP contribution >= 0.6 is 0 Å². The molecule has 0 saturated heterocycles. The molecule has 1 fully saturated rings. The summed E-state index contributed by atoms with van der Waals surface area (Å²) in [5.74, 6) is -1.06. The lowest BCUT2D eigenvalue weighted by atomic mass is 10.0. The van der Waals surface area contributed by atoms with Gasteiger partial charge in [0.25, 0.3) is 0 Å². The highest BCUT2D eigenvalue weighted by Crippen LogP contribution is 2.35. The number of carboxylic acid groups (broad SMARTS) is 1. The number of benzene rings is 1. The van der Waals surface area contributed by atoms with E-state index in [9.17, 15) is 9.18 Å². The van der Waals surface area contributed by atoms with Gasteiger partial charge in [-0.2, -0.15) is 0 Å². The fourth-order valence-electron chi connectivity index (χ4n) is 2.40. The molecule has 3 nitrogen and oxygen atoms in total. The van der Waals surface area contributed by atoms with Crippen LogP contribution in [0.3, 0.4) is 0 Å². The number of hydrogen-bond donors (Lipinski definition) is 1. The van der Waals surface area contributed by atoms with E-state index in [2.05, 4.69) is 0 Å². The fraction of sp³-hybridized carbons (Fsp3) is 0.500. The molecule has 1 N–H and O–H groups in total. The first-order valence-corrected chi connectivity index (χ1v) is 6.34. The Labute approximate surface area is 106 Å². The van der Waals surface area contributed by atoms with E-state index >= 15 is 0 Å². The second-order valence-corrected chi connectivity index (χ2v) is 4.77. The number of aliphatic carboxylic acids is 1. The summed E-state index contributed by atoms with van der Waals surface area (Å²) < 4.78 is 12.9. The van der Waals surface area contributed by atoms with Crippen molar-refractivity contribution in [1.82, 2.24) is 4.90 Å². The van der Waals surface area contributed by atoms with Gasteiger partial charge < -0.3 is 5.11 Å². The number of hydrogen-bond acceptors (Lipinski definition) is 2. The number of carbonyl (C=O) groups is 1. The molecule has 18 heavy (non-hydrogen) atoms. The molecule has 1 aromatic carbocycles. The number of nitrogens with zero attached hydrogens (tertiary/aromatic N) is 1. The van der Waals surface area contributed by atoms with E-state index in [-0.39, 0.29) is 18.4 Å². The molecule has 0 spiro atoms. The first kappa shape index (κ1) is 13.0. The lowest BCUT2D eigenvalue weighted by molar-refractivity contribution is -0.139. The summed E-state index contributed by atoms with van der Waals surface area (Å²) in [4.78, 5) is 13.0. The van der Waals surface area contributed by atoms with Crippen LogP contribution in [-0.4, -0.2) is 28.6 Å². The fourth-order valence-corrected chi connectivity index (χ4v) is 2.40. The average molecular weight is 251 g/mol. The van der Waals surface area contributed by atoms with Crippen LogP contribution in [0.2, 0.25) is 0 Å². The molecule has 0 amide bonds. The van der Waals surface area contributed by atoms with E-state index in [1.54, 1.807) is 12.1 Å². The topological polar surface area (TPSA) is 40.5 Å². The van der Waals surface area contributed by atoms with Crippen LogP contribution in [0.15, 0.2) is 24.3 Å². The quantitative estimate of drug-likeness (QED) is 0.845. The van der Waals surface area contributed by atoms with Crippen LogP contribution < -0.4 is 0 Å². The highest BCUT2D eigenvalue weighted by molar-refractivity contribution is 5.69. The predicted molar refractivity (Wildman–Crippen MR) is 66.8 cm³/mol. The highest BCUT2D eigenvalue weighted by Gasteiger charge is 2.35. The van der Waals surface area contributed by atoms with Crippen molar-refractivity contribution in [2.75, 3.05) is 6.54 Å². The minimum atomic E-state index is -0.803. The van der Waals surface area contributed by atoms with Gasteiger partial charge >= 0.3 is 5.97 Å². The lowest BCUT2D eigenvalue weighted by Gasteiger charge is -2.30. The van der Waals surface area contributed by atoms with Crippen LogP contribution in [0, 0.1) is 5.82 Å². The Morgan fingerprint density at radius 1 is 1.44 bits per heavy atom. The third-order valence-corrected chi connectivity index (χ3v) is 3.38. The molecule has 1 atom stereocenters. The van der Waals surface area contributed by atoms with E-state index in [0.717, 1.165) is 24.8 Å². The van der Waals surface area contributed by atoms with Gasteiger partial charge in [-0.25, -0.2) is 4.39 Å². The zero-order valence-electron chi connectivity index (χ0n) is 10.5. The summed E-state index contributed by atoms with van der Waals surface area (Å²) >= 11 is 0. The SMILES string of the molecule is CCC(c1ccc(F)cc1)N(CC(=O)O)C1CC1. The second kappa shape index (κ2) is 5.48. The minimum Gasteiger partial charge on any atom is -0.480 e. The van der Waals surface area contributed by atoms with Crippen molar-refractivity contribution in [2.45, 2.75) is 38.3 Å². The van der Waals surface area contributed by atoms with Crippen molar-refractivity contribution >= 4 is 5.97 Å². The maximum absolute atomic E-state index is 12.9. The van der Waals surface area contributed by atoms with E-state index in [1.807, 2.05) is 11.8 Å². The van der Waals surface area contributed by atoms with Gasteiger partial charge in [0.1, 0.15) is 5.82 Å². The van der Waals surface area contributed by atoms with Gasteiger partial charge in [0.05, 0.1) is 6.54 Å². The van der Waals surface area contributed by atoms with Gasteiger partial charge in [-0.3, -0.25) is 9.69 Å². The summed E-state index contributed by atoms with van der Waals surface area (Å²) in [6.07, 6.45) is 2.95. The molecule has 0 aliphatic heterocycles. The Morgan fingerprint density at radius 2 is 2.06 bits per heavy atom. The molecule has 1 unspecified atom stereocenters. The first-order valence-electron chi connectivity index (χ1n) is 6.34. The monoisotopic (exact) mass is 251 g/mol. The Kier molecular flexibility index (Phi) is 3.97. The molecule has 1 aromatic rings. The summed E-state index contributed by atoms with van der Waals surface area (Å²) in [5.41, 5.74) is 0.993. The minimum absolute atomic E-state index is 0.0561. The second-order valence-electron chi connectivity index (χ2n) is 4.77. The smallest absolute Gasteiger partial charge is 0.317 e. The van der Waals surface area contributed by atoms with Crippen LogP contribution in [-0.2, 0) is 4.79 Å². The normalized spacial score (nSPS) is 16.8. The standard InChI is InChI=1S/C14H18FNO2/c1-2-13(10-3-5-11(15)6-4-10)16(9-14(17)18)12-7-8-12/h3-6,12-13H,2,7-9H2,1H3,(H,17,18). The molecular weight excluding hydrogens is 233 g/mol. The van der Waals surface area contributed by atoms with Crippen molar-refractivity contribution in [3.63, 3.8) is 0 Å². The van der Waals surface area contributed by atoms with E-state index in [4.69, 9.17) is 5.11 Å². The number of rotatable bonds is 6. The average Bonchev–Trinajstić information content (AvgIpc) is 3.14. The molecule has 4 heteroatoms. The van der Waals surface area contributed by atoms with Crippen LogP contribution in [0.25, 0.3) is 0 Å². The largest absolute Gasteiger partial charge is 0.480 e. The molecule has 2 rings (SSSR count). The lowest BCUT2D eigenvalue weighted by Crippen LogP contribution is -2.35. The first-order chi connectivity index (χ1) is 8.61. The van der Waals surface area contributed by atoms with Crippen molar-refractivity contribution in [2.24, 2.45) is 0 Å². The van der Waals surface area contributed by atoms with Crippen molar-refractivity contribution in [1.29, 1.82) is 0 Å². The predicted octanol–water partition coefficient (Wildman–Crippen LogP) is 2.83. The maximum Gasteiger partial charge on any atom is 0.317 e. The Bertz CT molecular complexity index is 414. The zero-order chi connectivity index (χ0) is 13.1. The molecule has 98 valence electrons. The van der Waals surface area contributed by atoms with Gasteiger partial charge in [-0.1, -0.05) is 19.1 Å². The Balaban J connectivity index is 2.18. The molecule has 0 aromatic heterocycles. The number of halogens is 1. The van der Waals surface area contributed by atoms with Crippen molar-refractivity contribution in [3.05, 3.63) is 35.6 Å². The molecule has 0 bridgehead atoms. The van der Waals surface area contributed by atoms with E-state index < -0.39 is 5.97 Å². The van der Waals surface area contributed by atoms with Crippen LogP contribution in [0.4, 0.5) is 4.39 Å². The third kappa shape index (κ3) is 3.07. The molecule has 1 saturated carbocycles. The Hall–Kier alpha value is -1.42. The Morgan fingerprint density at radius 3 is 2.50 bits per heavy atom. The molecule has 0 heterocycles. The molecule has 0 radical (unpaired) electrons. The highest BCUT2D eigenvalue weighted by atomic mass is 19.1. The summed E-state index contributed by atoms with van der Waals surface area (Å²) in [7, 11) is 0. The van der Waals surface area contributed by atoms with Gasteiger partial charge in [0, 0.05) is 12.1 Å². The van der Waals surface area contributed by atoms with Gasteiger partial charge in [-0.15, -0.1) is 0 Å². The van der Waals surface area contributed by atoms with E-state index in [1.165, 1.54) is 12.1 Å². The van der Waals surface area contributed by atoms with Crippen molar-refractivity contribution in [3.8, 4) is 0 Å². The molecule has 1 aliphatic carbocycles. The summed E-state index contributed by atoms with van der Waals surface area (Å²) in [5, 5.41) is 8.99. The van der Waals surface area contributed by atoms with E-state index in [0.29, 0.717) is 6.04 Å². The molecular formula is C14H18FNO2. The van der Waals surface area contributed by atoms with Gasteiger partial charge in [-0.05, 0) is 37.0 Å². The van der Waals surface area contributed by atoms with Gasteiger partial charge in [0.15, 0.2) is 0 Å². The summed E-state index contributed by atoms with van der Waals surface area (Å²) in [6, 6.07) is 6.81. The maximum atomic E-state index is 12.9. The van der Waals surface area contributed by atoms with Crippen molar-refractivity contribution < 1.29 is 14.3 Å². The van der Waals surface area contributed by atoms with Crippen LogP contribution in [0.1, 0.15) is 37.8 Å². The zero-order valence-corrected chi connectivity index (χ0v) is 10.5.